The van der Waals surface area contributed by atoms with Crippen molar-refractivity contribution in [3.8, 4) is 22.9 Å². The van der Waals surface area contributed by atoms with Crippen molar-refractivity contribution in [2.24, 2.45) is 7.05 Å². The first-order valence-corrected chi connectivity index (χ1v) is 7.31. The van der Waals surface area contributed by atoms with E-state index in [2.05, 4.69) is 6.07 Å². The molecule has 0 fully saturated rings. The molecule has 0 unspecified atom stereocenters. The molecule has 1 heterocycles. The molecule has 0 radical (unpaired) electrons. The molecule has 0 bridgehead atoms. The Labute approximate surface area is 138 Å². The first kappa shape index (κ1) is 15.1. The number of halogens is 1. The van der Waals surface area contributed by atoms with Crippen molar-refractivity contribution in [1.82, 2.24) is 4.57 Å². The standard InChI is InChI=1S/C18H13ClN2O2/c1-21-16(10-20)17(11-4-3-5-12(19)8-11)15-9-13(23-2)6-7-14(15)18(21)22/h3-9H,1-2H3. The Hall–Kier alpha value is -2.77. The number of pyridine rings is 1. The molecule has 3 rings (SSSR count). The second kappa shape index (κ2) is 5.79. The second-order valence-electron chi connectivity index (χ2n) is 5.12. The normalized spacial score (nSPS) is 10.5. The third-order valence-electron chi connectivity index (χ3n) is 3.82. The first-order valence-electron chi connectivity index (χ1n) is 6.93. The van der Waals surface area contributed by atoms with Crippen molar-refractivity contribution in [1.29, 1.82) is 5.26 Å². The number of hydrogen-bond acceptors (Lipinski definition) is 3. The maximum atomic E-state index is 12.5. The highest BCUT2D eigenvalue weighted by Gasteiger charge is 2.17. The van der Waals surface area contributed by atoms with Crippen LogP contribution in [0.1, 0.15) is 5.69 Å². The largest absolute Gasteiger partial charge is 0.497 e. The highest BCUT2D eigenvalue weighted by molar-refractivity contribution is 6.31. The molecule has 4 nitrogen and oxygen atoms in total. The van der Waals surface area contributed by atoms with E-state index in [1.165, 1.54) is 4.57 Å². The molecule has 0 saturated carbocycles. The van der Waals surface area contributed by atoms with Crippen LogP contribution in [0.3, 0.4) is 0 Å². The molecule has 0 amide bonds. The lowest BCUT2D eigenvalue weighted by Crippen LogP contribution is -2.20. The smallest absolute Gasteiger partial charge is 0.259 e. The minimum absolute atomic E-state index is 0.218. The molecule has 2 aromatic carbocycles. The van der Waals surface area contributed by atoms with E-state index in [1.54, 1.807) is 44.5 Å². The molecule has 0 spiro atoms. The predicted molar refractivity (Wildman–Crippen MR) is 90.9 cm³/mol. The monoisotopic (exact) mass is 324 g/mol. The summed E-state index contributed by atoms with van der Waals surface area (Å²) in [6, 6.07) is 14.6. The fraction of sp³-hybridized carbons (Fsp3) is 0.111. The Morgan fingerprint density at radius 2 is 1.96 bits per heavy atom. The van der Waals surface area contributed by atoms with E-state index in [4.69, 9.17) is 16.3 Å². The summed E-state index contributed by atoms with van der Waals surface area (Å²) in [5.74, 6) is 0.623. The van der Waals surface area contributed by atoms with Gasteiger partial charge in [0.05, 0.1) is 7.11 Å². The molecule has 0 N–H and O–H groups in total. The van der Waals surface area contributed by atoms with Crippen molar-refractivity contribution < 1.29 is 4.74 Å². The summed E-state index contributed by atoms with van der Waals surface area (Å²) in [5.41, 5.74) is 1.52. The van der Waals surface area contributed by atoms with Gasteiger partial charge in [-0.25, -0.2) is 0 Å². The molecule has 0 atom stereocenters. The van der Waals surface area contributed by atoms with E-state index in [-0.39, 0.29) is 11.3 Å². The fourth-order valence-electron chi connectivity index (χ4n) is 2.69. The lowest BCUT2D eigenvalue weighted by atomic mass is 9.97. The molecule has 114 valence electrons. The van der Waals surface area contributed by atoms with Gasteiger partial charge in [-0.15, -0.1) is 0 Å². The zero-order chi connectivity index (χ0) is 16.6. The van der Waals surface area contributed by atoms with Crippen molar-refractivity contribution in [3.05, 3.63) is 63.5 Å². The van der Waals surface area contributed by atoms with Gasteiger partial charge in [-0.1, -0.05) is 23.7 Å². The van der Waals surface area contributed by atoms with E-state index >= 15 is 0 Å². The van der Waals surface area contributed by atoms with Crippen molar-refractivity contribution >= 4 is 22.4 Å². The van der Waals surface area contributed by atoms with Crippen LogP contribution in [0.4, 0.5) is 0 Å². The zero-order valence-corrected chi connectivity index (χ0v) is 13.4. The average Bonchev–Trinajstić information content (AvgIpc) is 2.57. The lowest BCUT2D eigenvalue weighted by molar-refractivity contribution is 0.415. The molecule has 23 heavy (non-hydrogen) atoms. The Morgan fingerprint density at radius 1 is 1.17 bits per heavy atom. The Bertz CT molecular complexity index is 1020. The summed E-state index contributed by atoms with van der Waals surface area (Å²) in [5, 5.41) is 11.3. The van der Waals surface area contributed by atoms with Gasteiger partial charge in [0.2, 0.25) is 0 Å². The summed E-state index contributed by atoms with van der Waals surface area (Å²) in [4.78, 5) is 12.5. The number of aromatic nitrogens is 1. The predicted octanol–water partition coefficient (Wildman–Crippen LogP) is 3.74. The first-order chi connectivity index (χ1) is 11.1. The van der Waals surface area contributed by atoms with E-state index in [0.29, 0.717) is 27.1 Å². The number of rotatable bonds is 2. The van der Waals surface area contributed by atoms with Crippen molar-refractivity contribution in [2.75, 3.05) is 7.11 Å². The number of nitrogens with zero attached hydrogens (tertiary/aromatic N) is 2. The van der Waals surface area contributed by atoms with E-state index in [1.807, 2.05) is 12.1 Å². The minimum Gasteiger partial charge on any atom is -0.497 e. The van der Waals surface area contributed by atoms with Gasteiger partial charge in [0.1, 0.15) is 17.5 Å². The molecule has 1 aromatic heterocycles. The van der Waals surface area contributed by atoms with Crippen molar-refractivity contribution in [3.63, 3.8) is 0 Å². The maximum Gasteiger partial charge on any atom is 0.259 e. The molecule has 0 aliphatic heterocycles. The van der Waals surface area contributed by atoms with Crippen LogP contribution in [-0.4, -0.2) is 11.7 Å². The Kier molecular flexibility index (Phi) is 3.81. The van der Waals surface area contributed by atoms with Crippen LogP contribution in [-0.2, 0) is 7.05 Å². The number of fused-ring (bicyclic) bond motifs is 1. The van der Waals surface area contributed by atoms with E-state index < -0.39 is 0 Å². The molecule has 0 aliphatic carbocycles. The van der Waals surface area contributed by atoms with Crippen LogP contribution in [0.25, 0.3) is 21.9 Å². The number of methoxy groups -OCH3 is 1. The van der Waals surface area contributed by atoms with Crippen LogP contribution in [0, 0.1) is 11.3 Å². The SMILES string of the molecule is COc1ccc2c(=O)n(C)c(C#N)c(-c3cccc(Cl)c3)c2c1. The Morgan fingerprint density at radius 3 is 2.61 bits per heavy atom. The van der Waals surface area contributed by atoms with E-state index in [0.717, 1.165) is 5.56 Å². The molecule has 3 aromatic rings. The van der Waals surface area contributed by atoms with Gasteiger partial charge >= 0.3 is 0 Å². The van der Waals surface area contributed by atoms with Gasteiger partial charge < -0.3 is 9.30 Å². The highest BCUT2D eigenvalue weighted by atomic mass is 35.5. The van der Waals surface area contributed by atoms with Gasteiger partial charge in [-0.3, -0.25) is 4.79 Å². The minimum atomic E-state index is -0.218. The topological polar surface area (TPSA) is 55.0 Å². The summed E-state index contributed by atoms with van der Waals surface area (Å²) in [6.45, 7) is 0. The van der Waals surface area contributed by atoms with Crippen molar-refractivity contribution in [2.45, 2.75) is 0 Å². The summed E-state index contributed by atoms with van der Waals surface area (Å²) >= 11 is 6.09. The molecule has 0 aliphatic rings. The lowest BCUT2D eigenvalue weighted by Gasteiger charge is -2.14. The zero-order valence-electron chi connectivity index (χ0n) is 12.6. The van der Waals surface area contributed by atoms with Gasteiger partial charge in [0.15, 0.2) is 0 Å². The summed E-state index contributed by atoms with van der Waals surface area (Å²) in [6.07, 6.45) is 0. The maximum absolute atomic E-state index is 12.5. The molecule has 5 heteroatoms. The van der Waals surface area contributed by atoms with Crippen LogP contribution in [0.2, 0.25) is 5.02 Å². The van der Waals surface area contributed by atoms with Crippen LogP contribution >= 0.6 is 11.6 Å². The number of benzene rings is 2. The Balaban J connectivity index is 2.54. The van der Waals surface area contributed by atoms with E-state index in [9.17, 15) is 10.1 Å². The third kappa shape index (κ3) is 2.45. The summed E-state index contributed by atoms with van der Waals surface area (Å²) < 4.78 is 6.63. The average molecular weight is 325 g/mol. The fourth-order valence-corrected chi connectivity index (χ4v) is 2.88. The molecule has 0 saturated heterocycles. The summed E-state index contributed by atoms with van der Waals surface area (Å²) in [7, 11) is 3.16. The van der Waals surface area contributed by atoms with Crippen LogP contribution < -0.4 is 10.3 Å². The number of hydrogen-bond donors (Lipinski definition) is 0. The van der Waals surface area contributed by atoms with Crippen LogP contribution in [0.5, 0.6) is 5.75 Å². The molecular formula is C18H13ClN2O2. The third-order valence-corrected chi connectivity index (χ3v) is 4.06. The number of nitriles is 1. The van der Waals surface area contributed by atoms with Gasteiger partial charge in [-0.05, 0) is 35.9 Å². The van der Waals surface area contributed by atoms with Crippen LogP contribution in [0.15, 0.2) is 47.3 Å². The van der Waals surface area contributed by atoms with Gasteiger partial charge in [0, 0.05) is 28.4 Å². The second-order valence-corrected chi connectivity index (χ2v) is 5.56. The quantitative estimate of drug-likeness (QED) is 0.721. The highest BCUT2D eigenvalue weighted by Crippen LogP contribution is 2.33. The molecular weight excluding hydrogens is 312 g/mol. The number of ether oxygens (including phenoxy) is 1. The van der Waals surface area contributed by atoms with Gasteiger partial charge in [-0.2, -0.15) is 5.26 Å². The van der Waals surface area contributed by atoms with Gasteiger partial charge in [0.25, 0.3) is 5.56 Å².